The number of piperidine rings is 1. The zero-order valence-corrected chi connectivity index (χ0v) is 22.1. The Morgan fingerprint density at radius 3 is 2.41 bits per heavy atom. The lowest BCUT2D eigenvalue weighted by atomic mass is 9.72. The van der Waals surface area contributed by atoms with Crippen molar-refractivity contribution in [3.63, 3.8) is 0 Å². The Balaban J connectivity index is 1.44. The fourth-order valence-corrected chi connectivity index (χ4v) is 5.88. The number of likely N-dealkylation sites (N-methyl/N-ethyl adjacent to an activating group) is 1. The highest BCUT2D eigenvalue weighted by atomic mass is 32.1. The van der Waals surface area contributed by atoms with Crippen molar-refractivity contribution in [2.45, 2.75) is 18.3 Å². The first kappa shape index (κ1) is 24.8. The minimum Gasteiger partial charge on any atom is -0.493 e. The summed E-state index contributed by atoms with van der Waals surface area (Å²) in [6.07, 6.45) is 1.68. The lowest BCUT2D eigenvalue weighted by molar-refractivity contribution is 0.0674. The van der Waals surface area contributed by atoms with E-state index >= 15 is 0 Å². The molecule has 2 N–H and O–H groups in total. The summed E-state index contributed by atoms with van der Waals surface area (Å²) in [7, 11) is 5.18. The number of benzene rings is 2. The Kier molecular flexibility index (Phi) is 6.88. The molecule has 8 nitrogen and oxygen atoms in total. The Labute approximate surface area is 220 Å². The van der Waals surface area contributed by atoms with Crippen molar-refractivity contribution >= 4 is 39.9 Å². The van der Waals surface area contributed by atoms with Gasteiger partial charge in [-0.15, -0.1) is 11.3 Å². The molecule has 0 spiro atoms. The number of hydrogen-bond acceptors (Lipinski definition) is 8. The number of likely N-dealkylation sites (tertiary alicyclic amines) is 1. The second-order valence-corrected chi connectivity index (χ2v) is 10.4. The van der Waals surface area contributed by atoms with Crippen LogP contribution in [0, 0.1) is 0 Å². The average molecular weight is 518 g/mol. The van der Waals surface area contributed by atoms with Crippen LogP contribution in [0.3, 0.4) is 0 Å². The molecule has 1 aliphatic heterocycles. The fourth-order valence-electron chi connectivity index (χ4n) is 5.19. The van der Waals surface area contributed by atoms with Gasteiger partial charge < -0.3 is 25.0 Å². The first-order chi connectivity index (χ1) is 17.9. The maximum absolute atomic E-state index is 13.0. The Bertz CT molecular complexity index is 1390. The van der Waals surface area contributed by atoms with Gasteiger partial charge in [-0.1, -0.05) is 36.4 Å². The van der Waals surface area contributed by atoms with E-state index in [2.05, 4.69) is 34.1 Å². The molecule has 0 unspecified atom stereocenters. The van der Waals surface area contributed by atoms with Gasteiger partial charge in [0, 0.05) is 43.5 Å². The largest absolute Gasteiger partial charge is 0.493 e. The first-order valence-electron chi connectivity index (χ1n) is 12.2. The van der Waals surface area contributed by atoms with Crippen LogP contribution in [0.1, 0.15) is 28.1 Å². The number of carbonyl (C=O) groups excluding carboxylic acids is 1. The van der Waals surface area contributed by atoms with Crippen molar-refractivity contribution < 1.29 is 14.3 Å². The van der Waals surface area contributed by atoms with Gasteiger partial charge in [-0.25, -0.2) is 4.98 Å². The first-order valence-corrected chi connectivity index (χ1v) is 13.1. The van der Waals surface area contributed by atoms with Gasteiger partial charge in [-0.2, -0.15) is 4.98 Å². The lowest BCUT2D eigenvalue weighted by Crippen LogP contribution is -2.50. The third kappa shape index (κ3) is 4.79. The number of aromatic nitrogens is 2. The fraction of sp³-hybridized carbons (Fsp3) is 0.321. The van der Waals surface area contributed by atoms with Crippen LogP contribution in [0.25, 0.3) is 10.9 Å². The summed E-state index contributed by atoms with van der Waals surface area (Å²) in [6, 6.07) is 18.0. The lowest BCUT2D eigenvalue weighted by Gasteiger charge is -2.44. The van der Waals surface area contributed by atoms with Crippen molar-refractivity contribution in [2.75, 3.05) is 51.5 Å². The minimum atomic E-state index is -0.160. The molecule has 5 rings (SSSR count). The molecule has 0 radical (unpaired) electrons. The Morgan fingerprint density at radius 1 is 1.05 bits per heavy atom. The van der Waals surface area contributed by atoms with E-state index in [4.69, 9.17) is 20.2 Å². The maximum atomic E-state index is 13.0. The number of nitrogen functional groups attached to an aromatic ring is 1. The minimum absolute atomic E-state index is 0.111. The molecule has 0 atom stereocenters. The van der Waals surface area contributed by atoms with Crippen molar-refractivity contribution in [3.8, 4) is 11.5 Å². The van der Waals surface area contributed by atoms with Crippen LogP contribution in [0.5, 0.6) is 11.5 Å². The van der Waals surface area contributed by atoms with E-state index in [9.17, 15) is 4.79 Å². The molecule has 4 aromatic rings. The number of rotatable bonds is 7. The molecule has 9 heteroatoms. The molecule has 0 bridgehead atoms. The number of amides is 1. The van der Waals surface area contributed by atoms with Gasteiger partial charge in [-0.05, 0) is 35.9 Å². The van der Waals surface area contributed by atoms with Crippen molar-refractivity contribution in [2.24, 2.45) is 0 Å². The second kappa shape index (κ2) is 10.3. The summed E-state index contributed by atoms with van der Waals surface area (Å²) in [5.74, 6) is 2.21. The average Bonchev–Trinajstić information content (AvgIpc) is 3.48. The zero-order chi connectivity index (χ0) is 26.0. The SMILES string of the molecule is COc1cc2nc(N(C)CC3(c4ccccc4)CCN(C(=O)c4cccs4)CC3)nc(N)c2cc1OC. The number of methoxy groups -OCH3 is 2. The van der Waals surface area contributed by atoms with Gasteiger partial charge in [0.2, 0.25) is 5.95 Å². The number of thiophene rings is 1. The molecule has 1 amide bonds. The summed E-state index contributed by atoms with van der Waals surface area (Å²) in [4.78, 5) is 27.3. The van der Waals surface area contributed by atoms with Crippen LogP contribution >= 0.6 is 11.3 Å². The molecular formula is C28H31N5O3S. The van der Waals surface area contributed by atoms with Gasteiger partial charge in [0.05, 0.1) is 24.6 Å². The standard InChI is InChI=1S/C28H31N5O3S/c1-32(27-30-21-17-23(36-3)22(35-2)16-20(21)25(29)31-27)18-28(19-8-5-4-6-9-19)11-13-33(14-12-28)26(34)24-10-7-15-37-24/h4-10,15-17H,11-14,18H2,1-3H3,(H2,29,30,31). The van der Waals surface area contributed by atoms with E-state index in [-0.39, 0.29) is 11.3 Å². The smallest absolute Gasteiger partial charge is 0.263 e. The predicted molar refractivity (Wildman–Crippen MR) is 148 cm³/mol. The summed E-state index contributed by atoms with van der Waals surface area (Å²) in [5.41, 5.74) is 8.15. The number of nitrogens with two attached hydrogens (primary N) is 1. The Hall–Kier alpha value is -3.85. The number of carbonyl (C=O) groups is 1. The highest BCUT2D eigenvalue weighted by Crippen LogP contribution is 2.38. The third-order valence-electron chi connectivity index (χ3n) is 7.23. The van der Waals surface area contributed by atoms with Crippen molar-refractivity contribution in [1.82, 2.24) is 14.9 Å². The number of fused-ring (bicyclic) bond motifs is 1. The van der Waals surface area contributed by atoms with Crippen LogP contribution in [-0.2, 0) is 5.41 Å². The topological polar surface area (TPSA) is 93.8 Å². The van der Waals surface area contributed by atoms with Gasteiger partial charge in [0.25, 0.3) is 5.91 Å². The molecular weight excluding hydrogens is 486 g/mol. The monoisotopic (exact) mass is 517 g/mol. The van der Waals surface area contributed by atoms with Crippen LogP contribution in [-0.4, -0.2) is 61.7 Å². The highest BCUT2D eigenvalue weighted by molar-refractivity contribution is 7.12. The second-order valence-electron chi connectivity index (χ2n) is 9.41. The molecule has 1 aliphatic rings. The number of anilines is 2. The highest BCUT2D eigenvalue weighted by Gasteiger charge is 2.39. The van der Waals surface area contributed by atoms with Crippen LogP contribution < -0.4 is 20.1 Å². The predicted octanol–water partition coefficient (Wildman–Crippen LogP) is 4.60. The van der Waals surface area contributed by atoms with Crippen LogP contribution in [0.15, 0.2) is 60.0 Å². The molecule has 2 aromatic heterocycles. The molecule has 2 aromatic carbocycles. The quantitative estimate of drug-likeness (QED) is 0.383. The number of hydrogen-bond donors (Lipinski definition) is 1. The third-order valence-corrected chi connectivity index (χ3v) is 8.08. The Morgan fingerprint density at radius 2 is 1.76 bits per heavy atom. The molecule has 3 heterocycles. The van der Waals surface area contributed by atoms with Gasteiger partial charge in [-0.3, -0.25) is 4.79 Å². The molecule has 1 fully saturated rings. The van der Waals surface area contributed by atoms with E-state index in [1.165, 1.54) is 16.9 Å². The molecule has 0 saturated carbocycles. The van der Waals surface area contributed by atoms with E-state index in [0.29, 0.717) is 53.8 Å². The maximum Gasteiger partial charge on any atom is 0.263 e. The number of nitrogens with zero attached hydrogens (tertiary/aromatic N) is 4. The van der Waals surface area contributed by atoms with Crippen LogP contribution in [0.2, 0.25) is 0 Å². The van der Waals surface area contributed by atoms with Gasteiger partial charge in [0.1, 0.15) is 5.82 Å². The zero-order valence-electron chi connectivity index (χ0n) is 21.3. The molecule has 192 valence electrons. The van der Waals surface area contributed by atoms with E-state index in [1.54, 1.807) is 20.3 Å². The summed E-state index contributed by atoms with van der Waals surface area (Å²) >= 11 is 1.49. The van der Waals surface area contributed by atoms with Crippen molar-refractivity contribution in [1.29, 1.82) is 0 Å². The molecule has 1 saturated heterocycles. The summed E-state index contributed by atoms with van der Waals surface area (Å²) < 4.78 is 10.9. The van der Waals surface area contributed by atoms with E-state index in [0.717, 1.165) is 17.7 Å². The van der Waals surface area contributed by atoms with Crippen LogP contribution in [0.4, 0.5) is 11.8 Å². The number of ether oxygens (including phenoxy) is 2. The normalized spacial score (nSPS) is 14.9. The molecule has 37 heavy (non-hydrogen) atoms. The van der Waals surface area contributed by atoms with Gasteiger partial charge in [0.15, 0.2) is 11.5 Å². The van der Waals surface area contributed by atoms with E-state index < -0.39 is 0 Å². The van der Waals surface area contributed by atoms with E-state index in [1.807, 2.05) is 41.6 Å². The van der Waals surface area contributed by atoms with Gasteiger partial charge >= 0.3 is 0 Å². The summed E-state index contributed by atoms with van der Waals surface area (Å²) in [5, 5.41) is 2.66. The molecule has 0 aliphatic carbocycles. The van der Waals surface area contributed by atoms with Crippen molar-refractivity contribution in [3.05, 3.63) is 70.4 Å². The summed E-state index contributed by atoms with van der Waals surface area (Å²) in [6.45, 7) is 2.07.